The molecule has 3 rings (SSSR count). The van der Waals surface area contributed by atoms with Gasteiger partial charge in [-0.15, -0.1) is 0 Å². The van der Waals surface area contributed by atoms with Gasteiger partial charge in [-0.2, -0.15) is 13.2 Å². The van der Waals surface area contributed by atoms with E-state index in [2.05, 4.69) is 29.1 Å². The fourth-order valence-electron chi connectivity index (χ4n) is 4.29. The Kier molecular flexibility index (Phi) is 11.8. The highest BCUT2D eigenvalue weighted by molar-refractivity contribution is 5.94. The molecule has 0 saturated carbocycles. The normalized spacial score (nSPS) is 18.7. The lowest BCUT2D eigenvalue weighted by Crippen LogP contribution is -2.46. The first-order valence-electron chi connectivity index (χ1n) is 12.7. The van der Waals surface area contributed by atoms with Crippen LogP contribution in [-0.2, 0) is 11.3 Å². The largest absolute Gasteiger partial charge is 0.495 e. The maximum absolute atomic E-state index is 14.6. The number of rotatable bonds is 8. The minimum atomic E-state index is -4.43. The summed E-state index contributed by atoms with van der Waals surface area (Å²) in [6.45, 7) is 9.56. The molecule has 2 N–H and O–H groups in total. The van der Waals surface area contributed by atoms with E-state index in [4.69, 9.17) is 4.74 Å². The monoisotopic (exact) mass is 534 g/mol. The number of nitrogens with zero attached hydrogens (tertiary/aromatic N) is 2. The summed E-state index contributed by atoms with van der Waals surface area (Å²) in [5.41, 5.74) is 1.87. The third-order valence-electron chi connectivity index (χ3n) is 5.98. The molecule has 0 spiro atoms. The highest BCUT2D eigenvalue weighted by Gasteiger charge is 2.31. The molecule has 9 heteroatoms. The molecule has 1 aliphatic heterocycles. The van der Waals surface area contributed by atoms with Crippen LogP contribution in [-0.4, -0.2) is 61.6 Å². The molecule has 0 radical (unpaired) electrons. The predicted octanol–water partition coefficient (Wildman–Crippen LogP) is 6.25. The minimum absolute atomic E-state index is 0.179. The molecule has 2 atom stereocenters. The van der Waals surface area contributed by atoms with E-state index < -0.39 is 24.9 Å². The number of allylic oxidation sites excluding steroid dienone is 3. The van der Waals surface area contributed by atoms with Gasteiger partial charge in [-0.25, -0.2) is 4.39 Å². The molecule has 208 valence electrons. The molecule has 1 aromatic carbocycles. The summed E-state index contributed by atoms with van der Waals surface area (Å²) in [7, 11) is 3.41. The smallest absolute Gasteiger partial charge is 0.406 e. The van der Waals surface area contributed by atoms with E-state index in [0.29, 0.717) is 41.0 Å². The second-order valence-corrected chi connectivity index (χ2v) is 8.62. The van der Waals surface area contributed by atoms with E-state index >= 15 is 0 Å². The van der Waals surface area contributed by atoms with Crippen LogP contribution in [0.1, 0.15) is 32.9 Å². The van der Waals surface area contributed by atoms with Crippen molar-refractivity contribution in [1.82, 2.24) is 14.8 Å². The topological polar surface area (TPSA) is 41.5 Å². The summed E-state index contributed by atoms with van der Waals surface area (Å²) in [5.74, 6) is 6.37. The Morgan fingerprint density at radius 2 is 2.03 bits per heavy atom. The fraction of sp³-hybridized carbons (Fsp3) is 0.448. The standard InChI is InChI=1S/C27H32F4N4O.C2H6/c1-5-9-24(26(6-2)36-4)32-14-8-10-19-16-20-22(33-23-13-15-34(3)17-21(23)28)11-7-12-25(20)35(19)18-27(29,30)31;1-2/h5-7,9,11-12,16,21,23,32-33H,1,13-15,17-18H2,2-4H3;1-2H3/b24-9+,26-6+;. The highest BCUT2D eigenvalue weighted by atomic mass is 19.4. The number of halogens is 4. The number of alkyl halides is 4. The SMILES string of the molecule is C=C/C=C(NCC#Cc1cc2c(NC3CCN(C)CC3F)cccc2n1CC(F)(F)F)\C(=C/C)OC.CC. The zero-order valence-electron chi connectivity index (χ0n) is 22.8. The van der Waals surface area contributed by atoms with Crippen LogP contribution >= 0.6 is 0 Å². The van der Waals surface area contributed by atoms with Gasteiger partial charge in [0.2, 0.25) is 0 Å². The lowest BCUT2D eigenvalue weighted by Gasteiger charge is -2.33. The van der Waals surface area contributed by atoms with E-state index in [-0.39, 0.29) is 12.2 Å². The van der Waals surface area contributed by atoms with Gasteiger partial charge in [0.05, 0.1) is 36.6 Å². The second-order valence-electron chi connectivity index (χ2n) is 8.62. The maximum Gasteiger partial charge on any atom is 0.406 e. The Balaban J connectivity index is 0.00000247. The van der Waals surface area contributed by atoms with Crippen LogP contribution in [0.5, 0.6) is 0 Å². The van der Waals surface area contributed by atoms with Gasteiger partial charge in [0, 0.05) is 24.2 Å². The van der Waals surface area contributed by atoms with Crippen molar-refractivity contribution in [2.75, 3.05) is 39.1 Å². The van der Waals surface area contributed by atoms with Crippen LogP contribution in [0.15, 0.2) is 60.5 Å². The van der Waals surface area contributed by atoms with Gasteiger partial charge in [0.25, 0.3) is 0 Å². The first-order chi connectivity index (χ1) is 18.2. The van der Waals surface area contributed by atoms with Gasteiger partial charge < -0.3 is 24.8 Å². The predicted molar refractivity (Wildman–Crippen MR) is 148 cm³/mol. The van der Waals surface area contributed by atoms with Crippen molar-refractivity contribution in [2.45, 2.75) is 52.1 Å². The molecular weight excluding hydrogens is 496 g/mol. The van der Waals surface area contributed by atoms with Crippen molar-refractivity contribution < 1.29 is 22.3 Å². The van der Waals surface area contributed by atoms with Gasteiger partial charge in [-0.05, 0) is 56.7 Å². The number of ether oxygens (including phenoxy) is 1. The number of methoxy groups -OCH3 is 1. The Bertz CT molecular complexity index is 1190. The van der Waals surface area contributed by atoms with Crippen LogP contribution < -0.4 is 10.6 Å². The summed E-state index contributed by atoms with van der Waals surface area (Å²) >= 11 is 0. The molecule has 5 nitrogen and oxygen atoms in total. The molecule has 0 bridgehead atoms. The van der Waals surface area contributed by atoms with Crippen LogP contribution in [0.3, 0.4) is 0 Å². The van der Waals surface area contributed by atoms with Crippen LogP contribution in [0, 0.1) is 11.8 Å². The zero-order valence-corrected chi connectivity index (χ0v) is 22.8. The molecule has 2 aromatic rings. The second kappa shape index (κ2) is 14.5. The number of fused-ring (bicyclic) bond motifs is 1. The summed E-state index contributed by atoms with van der Waals surface area (Å²) < 4.78 is 61.4. The van der Waals surface area contributed by atoms with Crippen molar-refractivity contribution in [3.8, 4) is 11.8 Å². The lowest BCUT2D eigenvalue weighted by atomic mass is 10.0. The summed E-state index contributed by atoms with van der Waals surface area (Å²) in [5, 5.41) is 6.90. The average molecular weight is 535 g/mol. The maximum atomic E-state index is 14.6. The van der Waals surface area contributed by atoms with Crippen LogP contribution in [0.25, 0.3) is 10.9 Å². The summed E-state index contributed by atoms with van der Waals surface area (Å²) in [6.07, 6.45) is 0.194. The average Bonchev–Trinajstić information content (AvgIpc) is 3.22. The number of nitrogens with one attached hydrogen (secondary N) is 2. The number of aromatic nitrogens is 1. The first kappa shape index (κ1) is 30.8. The number of anilines is 1. The molecule has 2 heterocycles. The fourth-order valence-corrected chi connectivity index (χ4v) is 4.29. The number of benzene rings is 1. The molecular formula is C29H38F4N4O. The quantitative estimate of drug-likeness (QED) is 0.182. The summed E-state index contributed by atoms with van der Waals surface area (Å²) in [4.78, 5) is 1.92. The summed E-state index contributed by atoms with van der Waals surface area (Å²) in [6, 6.07) is 6.28. The molecule has 38 heavy (non-hydrogen) atoms. The molecule has 1 aliphatic rings. The number of hydrogen-bond donors (Lipinski definition) is 2. The van der Waals surface area contributed by atoms with Crippen molar-refractivity contribution in [2.24, 2.45) is 0 Å². The van der Waals surface area contributed by atoms with Crippen molar-refractivity contribution in [3.05, 3.63) is 66.2 Å². The number of hydrogen-bond acceptors (Lipinski definition) is 4. The molecule has 1 fully saturated rings. The highest BCUT2D eigenvalue weighted by Crippen LogP contribution is 2.31. The third-order valence-corrected chi connectivity index (χ3v) is 5.98. The Labute approximate surface area is 223 Å². The van der Waals surface area contributed by atoms with E-state index in [9.17, 15) is 17.6 Å². The van der Waals surface area contributed by atoms with Crippen molar-refractivity contribution in [3.63, 3.8) is 0 Å². The number of piperidine rings is 1. The van der Waals surface area contributed by atoms with Gasteiger partial charge in [-0.3, -0.25) is 0 Å². The first-order valence-corrected chi connectivity index (χ1v) is 12.7. The molecule has 1 aromatic heterocycles. The van der Waals surface area contributed by atoms with E-state index in [1.807, 2.05) is 32.7 Å². The lowest BCUT2D eigenvalue weighted by molar-refractivity contribution is -0.140. The van der Waals surface area contributed by atoms with Crippen molar-refractivity contribution >= 4 is 16.6 Å². The Morgan fingerprint density at radius 3 is 2.63 bits per heavy atom. The van der Waals surface area contributed by atoms with Crippen LogP contribution in [0.2, 0.25) is 0 Å². The van der Waals surface area contributed by atoms with E-state index in [1.165, 1.54) is 7.11 Å². The molecule has 0 amide bonds. The van der Waals surface area contributed by atoms with Gasteiger partial charge in [0.1, 0.15) is 18.5 Å². The van der Waals surface area contributed by atoms with Gasteiger partial charge in [0.15, 0.2) is 0 Å². The molecule has 1 saturated heterocycles. The molecule has 0 aliphatic carbocycles. The van der Waals surface area contributed by atoms with Gasteiger partial charge in [-0.1, -0.05) is 38.5 Å². The zero-order chi connectivity index (χ0) is 28.3. The molecule has 2 unspecified atom stereocenters. The van der Waals surface area contributed by atoms with E-state index in [1.54, 1.807) is 42.5 Å². The van der Waals surface area contributed by atoms with Crippen molar-refractivity contribution in [1.29, 1.82) is 0 Å². The number of likely N-dealkylation sites (tertiary alicyclic amines) is 1. The van der Waals surface area contributed by atoms with Gasteiger partial charge >= 0.3 is 6.18 Å². The Hall–Kier alpha value is -3.38. The third kappa shape index (κ3) is 8.32. The minimum Gasteiger partial charge on any atom is -0.495 e. The Morgan fingerprint density at radius 1 is 1.29 bits per heavy atom. The van der Waals surface area contributed by atoms with E-state index in [0.717, 1.165) is 11.1 Å². The van der Waals surface area contributed by atoms with Crippen LogP contribution in [0.4, 0.5) is 23.2 Å².